The summed E-state index contributed by atoms with van der Waals surface area (Å²) in [4.78, 5) is 0. The van der Waals surface area contributed by atoms with Gasteiger partial charge in [-0.1, -0.05) is 68.0 Å². The van der Waals surface area contributed by atoms with E-state index in [1.54, 1.807) is 19.1 Å². The Morgan fingerprint density at radius 3 is 1.88 bits per heavy atom. The van der Waals surface area contributed by atoms with E-state index in [1.165, 1.54) is 0 Å². The van der Waals surface area contributed by atoms with Gasteiger partial charge in [0.15, 0.2) is 0 Å². The van der Waals surface area contributed by atoms with Crippen LogP contribution in [0, 0.1) is 13.8 Å². The number of halogens is 6. The normalized spacial score (nSPS) is 13.6. The monoisotopic (exact) mass is 488 g/mol. The molecular formula is C26H30F6O2. The number of hydrogen-bond acceptors (Lipinski definition) is 2. The summed E-state index contributed by atoms with van der Waals surface area (Å²) in [5.74, 6) is 0. The first kappa shape index (κ1) is 27.9. The van der Waals surface area contributed by atoms with E-state index in [4.69, 9.17) is 0 Å². The van der Waals surface area contributed by atoms with Crippen molar-refractivity contribution in [2.45, 2.75) is 63.9 Å². The first-order chi connectivity index (χ1) is 15.8. The zero-order valence-corrected chi connectivity index (χ0v) is 19.9. The standard InChI is InChI=1S/C26H30F6O2/c1-6-23(7-2,21-10-8-9-18(3)15-21)22-12-11-20(19(4)16-22)13-14-24(25(27,28)29,26(30,31)32)34-17-33-5/h8-16H,6-7,17H2,1-5H3. The first-order valence-electron chi connectivity index (χ1n) is 10.9. The molecule has 0 atom stereocenters. The predicted octanol–water partition coefficient (Wildman–Crippen LogP) is 7.91. The Morgan fingerprint density at radius 1 is 0.824 bits per heavy atom. The molecule has 2 nitrogen and oxygen atoms in total. The van der Waals surface area contributed by atoms with Gasteiger partial charge in [-0.05, 0) is 55.0 Å². The molecule has 0 heterocycles. The van der Waals surface area contributed by atoms with Crippen LogP contribution in [0.4, 0.5) is 26.3 Å². The third-order valence-corrected chi connectivity index (χ3v) is 6.34. The molecule has 0 aromatic heterocycles. The van der Waals surface area contributed by atoms with Crippen molar-refractivity contribution >= 4 is 6.08 Å². The molecule has 0 N–H and O–H groups in total. The largest absolute Gasteiger partial charge is 0.430 e. The molecule has 34 heavy (non-hydrogen) atoms. The fourth-order valence-corrected chi connectivity index (χ4v) is 4.26. The molecule has 0 spiro atoms. The van der Waals surface area contributed by atoms with Crippen LogP contribution in [0.2, 0.25) is 0 Å². The van der Waals surface area contributed by atoms with Gasteiger partial charge in [0.25, 0.3) is 5.60 Å². The highest BCUT2D eigenvalue weighted by molar-refractivity contribution is 5.57. The SMILES string of the molecule is CCC(CC)(c1cccc(C)c1)c1ccc(C=CC(OCOC)(C(F)(F)F)C(F)(F)F)c(C)c1. The van der Waals surface area contributed by atoms with Gasteiger partial charge in [-0.25, -0.2) is 0 Å². The average molecular weight is 489 g/mol. The average Bonchev–Trinajstić information content (AvgIpc) is 2.74. The van der Waals surface area contributed by atoms with Gasteiger partial charge in [-0.2, -0.15) is 26.3 Å². The Kier molecular flexibility index (Phi) is 8.64. The van der Waals surface area contributed by atoms with Gasteiger partial charge in [0.2, 0.25) is 0 Å². The summed E-state index contributed by atoms with van der Waals surface area (Å²) in [6.45, 7) is 6.60. The molecule has 0 aliphatic heterocycles. The fourth-order valence-electron chi connectivity index (χ4n) is 4.26. The van der Waals surface area contributed by atoms with Crippen molar-refractivity contribution in [1.29, 1.82) is 0 Å². The summed E-state index contributed by atoms with van der Waals surface area (Å²) < 4.78 is 90.0. The molecule has 188 valence electrons. The molecule has 0 aliphatic rings. The van der Waals surface area contributed by atoms with Gasteiger partial charge >= 0.3 is 12.4 Å². The van der Waals surface area contributed by atoms with Gasteiger partial charge in [0.05, 0.1) is 0 Å². The van der Waals surface area contributed by atoms with Crippen molar-refractivity contribution in [2.75, 3.05) is 13.9 Å². The number of alkyl halides is 6. The maximum Gasteiger partial charge on any atom is 0.430 e. The lowest BCUT2D eigenvalue weighted by atomic mass is 9.70. The minimum atomic E-state index is -5.74. The zero-order chi connectivity index (χ0) is 25.8. The second-order valence-corrected chi connectivity index (χ2v) is 8.35. The van der Waals surface area contributed by atoms with E-state index in [0.29, 0.717) is 5.56 Å². The lowest BCUT2D eigenvalue weighted by Gasteiger charge is -2.34. The topological polar surface area (TPSA) is 18.5 Å². The Labute approximate surface area is 196 Å². The minimum Gasteiger partial charge on any atom is -0.359 e. The lowest BCUT2D eigenvalue weighted by molar-refractivity contribution is -0.372. The Morgan fingerprint density at radius 2 is 1.41 bits per heavy atom. The van der Waals surface area contributed by atoms with Crippen molar-refractivity contribution in [3.8, 4) is 0 Å². The number of aryl methyl sites for hydroxylation is 2. The number of ether oxygens (including phenoxy) is 2. The third-order valence-electron chi connectivity index (χ3n) is 6.34. The molecule has 0 unspecified atom stereocenters. The second kappa shape index (κ2) is 10.5. The smallest absolute Gasteiger partial charge is 0.359 e. The van der Waals surface area contributed by atoms with Crippen molar-refractivity contribution in [3.63, 3.8) is 0 Å². The molecule has 0 saturated heterocycles. The van der Waals surface area contributed by atoms with Crippen LogP contribution in [0.25, 0.3) is 6.08 Å². The third kappa shape index (κ3) is 5.33. The highest BCUT2D eigenvalue weighted by Gasteiger charge is 2.71. The van der Waals surface area contributed by atoms with Crippen LogP contribution in [-0.2, 0) is 14.9 Å². The molecule has 0 aliphatic carbocycles. The van der Waals surface area contributed by atoms with E-state index in [-0.39, 0.29) is 17.1 Å². The number of methoxy groups -OCH3 is 1. The summed E-state index contributed by atoms with van der Waals surface area (Å²) in [6.07, 6.45) is -9.10. The number of rotatable bonds is 9. The minimum absolute atomic E-state index is 0.0154. The van der Waals surface area contributed by atoms with Crippen LogP contribution in [-0.4, -0.2) is 31.9 Å². The van der Waals surface area contributed by atoms with Crippen molar-refractivity contribution in [1.82, 2.24) is 0 Å². The fraction of sp³-hybridized carbons (Fsp3) is 0.462. The van der Waals surface area contributed by atoms with Crippen LogP contribution < -0.4 is 0 Å². The van der Waals surface area contributed by atoms with Gasteiger partial charge in [-0.15, -0.1) is 0 Å². The lowest BCUT2D eigenvalue weighted by Crippen LogP contribution is -2.57. The molecule has 2 aromatic carbocycles. The van der Waals surface area contributed by atoms with Crippen molar-refractivity contribution in [3.05, 3.63) is 76.4 Å². The summed E-state index contributed by atoms with van der Waals surface area (Å²) >= 11 is 0. The van der Waals surface area contributed by atoms with Crippen LogP contribution in [0.5, 0.6) is 0 Å². The maximum atomic E-state index is 13.6. The molecule has 0 saturated carbocycles. The van der Waals surface area contributed by atoms with E-state index in [0.717, 1.165) is 42.7 Å². The highest BCUT2D eigenvalue weighted by atomic mass is 19.4. The summed E-state index contributed by atoms with van der Waals surface area (Å²) in [6, 6.07) is 13.3. The van der Waals surface area contributed by atoms with Gasteiger partial charge < -0.3 is 9.47 Å². The Hall–Kier alpha value is -2.32. The van der Waals surface area contributed by atoms with Crippen LogP contribution in [0.1, 0.15) is 54.5 Å². The van der Waals surface area contributed by atoms with E-state index in [1.807, 2.05) is 31.2 Å². The molecule has 2 aromatic rings. The van der Waals surface area contributed by atoms with Crippen LogP contribution >= 0.6 is 0 Å². The van der Waals surface area contributed by atoms with E-state index in [9.17, 15) is 26.3 Å². The van der Waals surface area contributed by atoms with Gasteiger partial charge in [0, 0.05) is 12.5 Å². The molecule has 0 fully saturated rings. The molecule has 0 radical (unpaired) electrons. The molecule has 8 heteroatoms. The molecule has 0 bridgehead atoms. The quantitative estimate of drug-likeness (QED) is 0.264. The Bertz CT molecular complexity index is 974. The van der Waals surface area contributed by atoms with Crippen LogP contribution in [0.3, 0.4) is 0 Å². The molecule has 2 rings (SSSR count). The predicted molar refractivity (Wildman–Crippen MR) is 121 cm³/mol. The molecule has 0 amide bonds. The summed E-state index contributed by atoms with van der Waals surface area (Å²) in [5, 5.41) is 0. The zero-order valence-electron chi connectivity index (χ0n) is 19.9. The van der Waals surface area contributed by atoms with E-state index >= 15 is 0 Å². The van der Waals surface area contributed by atoms with Crippen molar-refractivity contribution < 1.29 is 35.8 Å². The highest BCUT2D eigenvalue weighted by Crippen LogP contribution is 2.47. The Balaban J connectivity index is 2.56. The van der Waals surface area contributed by atoms with E-state index in [2.05, 4.69) is 29.4 Å². The van der Waals surface area contributed by atoms with E-state index < -0.39 is 24.7 Å². The number of hydrogen-bond donors (Lipinski definition) is 0. The maximum absolute atomic E-state index is 13.6. The molecular weight excluding hydrogens is 458 g/mol. The summed E-state index contributed by atoms with van der Waals surface area (Å²) in [5.41, 5.74) is -0.869. The van der Waals surface area contributed by atoms with Crippen LogP contribution in [0.15, 0.2) is 48.5 Å². The second-order valence-electron chi connectivity index (χ2n) is 8.35. The van der Waals surface area contributed by atoms with Gasteiger partial charge in [0.1, 0.15) is 6.79 Å². The first-order valence-corrected chi connectivity index (χ1v) is 10.9. The summed E-state index contributed by atoms with van der Waals surface area (Å²) in [7, 11) is 0.950. The van der Waals surface area contributed by atoms with Crippen molar-refractivity contribution in [2.24, 2.45) is 0 Å². The van der Waals surface area contributed by atoms with Gasteiger partial charge in [-0.3, -0.25) is 0 Å². The number of benzene rings is 2.